The molecule has 1 aliphatic carbocycles. The predicted molar refractivity (Wildman–Crippen MR) is 88.3 cm³/mol. The van der Waals surface area contributed by atoms with E-state index in [1.54, 1.807) is 12.3 Å². The minimum atomic E-state index is -0.332. The second kappa shape index (κ2) is 5.06. The Bertz CT molecular complexity index is 805. The molecule has 3 heterocycles. The number of hydrogen-bond acceptors (Lipinski definition) is 2. The molecule has 126 valence electrons. The third-order valence-corrected chi connectivity index (χ3v) is 6.15. The number of nitrogens with one attached hydrogen (secondary N) is 1. The SMILES string of the molecule is O=C(c1c[nH]c2cccc(F)c12)N1CC2(CCOCC2)C1C1CC1. The van der Waals surface area contributed by atoms with E-state index in [0.29, 0.717) is 28.4 Å². The second-order valence-electron chi connectivity index (χ2n) is 7.55. The molecule has 0 bridgehead atoms. The summed E-state index contributed by atoms with van der Waals surface area (Å²) >= 11 is 0. The molecule has 3 fully saturated rings. The summed E-state index contributed by atoms with van der Waals surface area (Å²) in [5.41, 5.74) is 1.39. The number of nitrogens with zero attached hydrogens (tertiary/aromatic N) is 1. The Hall–Kier alpha value is -1.88. The number of fused-ring (bicyclic) bond motifs is 1. The highest BCUT2D eigenvalue weighted by Gasteiger charge is 2.59. The average Bonchev–Trinajstić information content (AvgIpc) is 3.29. The van der Waals surface area contributed by atoms with E-state index >= 15 is 0 Å². The van der Waals surface area contributed by atoms with Crippen molar-refractivity contribution < 1.29 is 13.9 Å². The molecule has 1 saturated carbocycles. The summed E-state index contributed by atoms with van der Waals surface area (Å²) < 4.78 is 19.8. The third-order valence-electron chi connectivity index (χ3n) is 6.15. The fourth-order valence-electron chi connectivity index (χ4n) is 4.81. The molecule has 5 heteroatoms. The van der Waals surface area contributed by atoms with Gasteiger partial charge in [0, 0.05) is 48.3 Å². The highest BCUT2D eigenvalue weighted by molar-refractivity contribution is 6.07. The molecule has 5 rings (SSSR count). The zero-order chi connectivity index (χ0) is 16.3. The molecular formula is C19H21FN2O2. The van der Waals surface area contributed by atoms with Gasteiger partial charge in [-0.3, -0.25) is 4.79 Å². The number of rotatable bonds is 2. The van der Waals surface area contributed by atoms with Crippen LogP contribution < -0.4 is 0 Å². The quantitative estimate of drug-likeness (QED) is 0.919. The first-order valence-corrected chi connectivity index (χ1v) is 8.84. The topological polar surface area (TPSA) is 45.3 Å². The highest BCUT2D eigenvalue weighted by atomic mass is 19.1. The number of ether oxygens (including phenoxy) is 1. The van der Waals surface area contributed by atoms with Gasteiger partial charge in [-0.05, 0) is 43.7 Å². The maximum atomic E-state index is 14.2. The van der Waals surface area contributed by atoms with Crippen LogP contribution in [-0.2, 0) is 4.74 Å². The van der Waals surface area contributed by atoms with Crippen molar-refractivity contribution in [3.63, 3.8) is 0 Å². The van der Waals surface area contributed by atoms with Crippen molar-refractivity contribution in [2.24, 2.45) is 11.3 Å². The molecule has 1 spiro atoms. The number of likely N-dealkylation sites (tertiary alicyclic amines) is 1. The summed E-state index contributed by atoms with van der Waals surface area (Å²) in [4.78, 5) is 18.2. The van der Waals surface area contributed by atoms with E-state index < -0.39 is 0 Å². The zero-order valence-corrected chi connectivity index (χ0v) is 13.6. The van der Waals surface area contributed by atoms with Gasteiger partial charge in [0.1, 0.15) is 5.82 Å². The molecule has 4 nitrogen and oxygen atoms in total. The number of H-pyrrole nitrogens is 1. The first-order valence-electron chi connectivity index (χ1n) is 8.84. The summed E-state index contributed by atoms with van der Waals surface area (Å²) in [5, 5.41) is 0.421. The largest absolute Gasteiger partial charge is 0.381 e. The fourth-order valence-corrected chi connectivity index (χ4v) is 4.81. The lowest BCUT2D eigenvalue weighted by molar-refractivity contribution is -0.120. The zero-order valence-electron chi connectivity index (χ0n) is 13.6. The van der Waals surface area contributed by atoms with Crippen molar-refractivity contribution in [2.45, 2.75) is 31.7 Å². The van der Waals surface area contributed by atoms with E-state index in [-0.39, 0.29) is 17.1 Å². The standard InChI is InChI=1S/C19H21FN2O2/c20-14-2-1-3-15-16(14)13(10-21-15)18(23)22-11-19(6-8-24-9-7-19)17(22)12-4-5-12/h1-3,10,12,17,21H,4-9,11H2. The Balaban J connectivity index is 1.48. The van der Waals surface area contributed by atoms with Crippen LogP contribution in [0.1, 0.15) is 36.0 Å². The van der Waals surface area contributed by atoms with Crippen LogP contribution >= 0.6 is 0 Å². The minimum Gasteiger partial charge on any atom is -0.381 e. The maximum absolute atomic E-state index is 14.2. The van der Waals surface area contributed by atoms with Gasteiger partial charge in [-0.15, -0.1) is 0 Å². The summed E-state index contributed by atoms with van der Waals surface area (Å²) in [6.45, 7) is 2.39. The summed E-state index contributed by atoms with van der Waals surface area (Å²) in [6.07, 6.45) is 6.16. The molecule has 1 atom stereocenters. The van der Waals surface area contributed by atoms with Crippen molar-refractivity contribution in [3.8, 4) is 0 Å². The predicted octanol–water partition coefficient (Wildman–Crippen LogP) is 3.34. The van der Waals surface area contributed by atoms with E-state index in [2.05, 4.69) is 4.98 Å². The van der Waals surface area contributed by atoms with Gasteiger partial charge >= 0.3 is 0 Å². The number of aromatic nitrogens is 1. The maximum Gasteiger partial charge on any atom is 0.256 e. The molecular weight excluding hydrogens is 307 g/mol. The number of benzene rings is 1. The van der Waals surface area contributed by atoms with Crippen molar-refractivity contribution in [2.75, 3.05) is 19.8 Å². The normalized spacial score (nSPS) is 25.9. The van der Waals surface area contributed by atoms with Crippen LogP contribution in [0.2, 0.25) is 0 Å². The van der Waals surface area contributed by atoms with Crippen molar-refractivity contribution >= 4 is 16.8 Å². The minimum absolute atomic E-state index is 0.0274. The van der Waals surface area contributed by atoms with E-state index in [0.717, 1.165) is 32.6 Å². The van der Waals surface area contributed by atoms with Crippen LogP contribution in [0, 0.1) is 17.2 Å². The molecule has 1 N–H and O–H groups in total. The van der Waals surface area contributed by atoms with Crippen LogP contribution in [0.5, 0.6) is 0 Å². The summed E-state index contributed by atoms with van der Waals surface area (Å²) in [5.74, 6) is 0.262. The van der Waals surface area contributed by atoms with E-state index in [1.165, 1.54) is 18.9 Å². The van der Waals surface area contributed by atoms with E-state index in [1.807, 2.05) is 11.0 Å². The molecule has 24 heavy (non-hydrogen) atoms. The molecule has 1 amide bonds. The number of carbonyl (C=O) groups excluding carboxylic acids is 1. The van der Waals surface area contributed by atoms with E-state index in [9.17, 15) is 9.18 Å². The lowest BCUT2D eigenvalue weighted by Gasteiger charge is -2.59. The van der Waals surface area contributed by atoms with Crippen molar-refractivity contribution in [3.05, 3.63) is 35.8 Å². The van der Waals surface area contributed by atoms with Gasteiger partial charge in [0.05, 0.1) is 5.56 Å². The number of aromatic amines is 1. The Morgan fingerprint density at radius 3 is 2.83 bits per heavy atom. The Morgan fingerprint density at radius 1 is 1.29 bits per heavy atom. The van der Waals surface area contributed by atoms with E-state index in [4.69, 9.17) is 4.74 Å². The Labute approximate surface area is 140 Å². The first-order chi connectivity index (χ1) is 11.7. The number of hydrogen-bond donors (Lipinski definition) is 1. The molecule has 2 saturated heterocycles. The van der Waals surface area contributed by atoms with Crippen LogP contribution in [-0.4, -0.2) is 41.6 Å². The number of amides is 1. The van der Waals surface area contributed by atoms with Crippen LogP contribution in [0.25, 0.3) is 10.9 Å². The van der Waals surface area contributed by atoms with Crippen LogP contribution in [0.4, 0.5) is 4.39 Å². The molecule has 2 aromatic rings. The monoisotopic (exact) mass is 328 g/mol. The molecule has 2 aliphatic heterocycles. The van der Waals surface area contributed by atoms with Gasteiger partial charge in [-0.1, -0.05) is 6.07 Å². The molecule has 0 radical (unpaired) electrons. The number of carbonyl (C=O) groups is 1. The van der Waals surface area contributed by atoms with Crippen molar-refractivity contribution in [1.82, 2.24) is 9.88 Å². The van der Waals surface area contributed by atoms with Crippen molar-refractivity contribution in [1.29, 1.82) is 0 Å². The lowest BCUT2D eigenvalue weighted by atomic mass is 9.64. The fraction of sp³-hybridized carbons (Fsp3) is 0.526. The van der Waals surface area contributed by atoms with Gasteiger partial charge in [0.15, 0.2) is 0 Å². The average molecular weight is 328 g/mol. The lowest BCUT2D eigenvalue weighted by Crippen LogP contribution is -2.68. The molecule has 1 unspecified atom stereocenters. The molecule has 1 aromatic heterocycles. The second-order valence-corrected chi connectivity index (χ2v) is 7.55. The summed E-state index contributed by atoms with van der Waals surface area (Å²) in [7, 11) is 0. The first kappa shape index (κ1) is 14.5. The third kappa shape index (κ3) is 1.97. The van der Waals surface area contributed by atoms with Gasteiger partial charge in [-0.25, -0.2) is 4.39 Å². The Morgan fingerprint density at radius 2 is 2.08 bits per heavy atom. The smallest absolute Gasteiger partial charge is 0.256 e. The van der Waals surface area contributed by atoms with Gasteiger partial charge in [-0.2, -0.15) is 0 Å². The van der Waals surface area contributed by atoms with Gasteiger partial charge < -0.3 is 14.6 Å². The summed E-state index contributed by atoms with van der Waals surface area (Å²) in [6, 6.07) is 5.20. The van der Waals surface area contributed by atoms with Crippen LogP contribution in [0.15, 0.2) is 24.4 Å². The highest BCUT2D eigenvalue weighted by Crippen LogP contribution is 2.55. The Kier molecular flexibility index (Phi) is 3.05. The molecule has 3 aliphatic rings. The molecule has 1 aromatic carbocycles. The van der Waals surface area contributed by atoms with Gasteiger partial charge in [0.25, 0.3) is 5.91 Å². The van der Waals surface area contributed by atoms with Crippen LogP contribution in [0.3, 0.4) is 0 Å². The number of halogens is 1. The van der Waals surface area contributed by atoms with Gasteiger partial charge in [0.2, 0.25) is 0 Å².